The van der Waals surface area contributed by atoms with Gasteiger partial charge in [0.2, 0.25) is 0 Å². The van der Waals surface area contributed by atoms with Gasteiger partial charge in [0.25, 0.3) is 5.91 Å². The third-order valence-electron chi connectivity index (χ3n) is 1.97. The minimum atomic E-state index is -0.521. The van der Waals surface area contributed by atoms with Gasteiger partial charge in [-0.25, -0.2) is 4.39 Å². The summed E-state index contributed by atoms with van der Waals surface area (Å²) in [7, 11) is 1.59. The molecule has 1 aromatic rings. The van der Waals surface area contributed by atoms with E-state index in [4.69, 9.17) is 5.73 Å². The third kappa shape index (κ3) is 3.00. The Hall–Kier alpha value is -0.940. The van der Waals surface area contributed by atoms with Crippen LogP contribution in [0.25, 0.3) is 0 Å². The maximum absolute atomic E-state index is 13.3. The van der Waals surface area contributed by atoms with Gasteiger partial charge in [-0.05, 0) is 18.2 Å². The van der Waals surface area contributed by atoms with E-state index in [0.717, 1.165) is 0 Å². The van der Waals surface area contributed by atoms with Gasteiger partial charge in [0.15, 0.2) is 0 Å². The topological polar surface area (TPSA) is 46.3 Å². The van der Waals surface area contributed by atoms with Gasteiger partial charge < -0.3 is 10.6 Å². The molecule has 0 saturated carbocycles. The number of hydrogen-bond donors (Lipinski definition) is 1. The fourth-order valence-electron chi connectivity index (χ4n) is 1.16. The van der Waals surface area contributed by atoms with Crippen molar-refractivity contribution in [2.24, 2.45) is 5.73 Å². The number of amides is 1. The van der Waals surface area contributed by atoms with E-state index >= 15 is 0 Å². The van der Waals surface area contributed by atoms with Crippen LogP contribution in [0.15, 0.2) is 22.7 Å². The first kappa shape index (κ1) is 12.1. The Morgan fingerprint density at radius 3 is 2.87 bits per heavy atom. The molecule has 5 heteroatoms. The van der Waals surface area contributed by atoms with Crippen molar-refractivity contribution >= 4 is 21.8 Å². The number of carbonyl (C=O) groups excluding carboxylic acids is 1. The number of rotatable bonds is 3. The Balaban J connectivity index is 2.95. The van der Waals surface area contributed by atoms with Crippen LogP contribution in [-0.2, 0) is 0 Å². The molecular formula is C10H12BrFN2O. The average Bonchev–Trinajstić information content (AvgIpc) is 2.21. The van der Waals surface area contributed by atoms with E-state index < -0.39 is 5.82 Å². The second-order valence-electron chi connectivity index (χ2n) is 3.14. The van der Waals surface area contributed by atoms with Crippen molar-refractivity contribution in [1.82, 2.24) is 4.90 Å². The van der Waals surface area contributed by atoms with Crippen LogP contribution in [0.1, 0.15) is 10.4 Å². The highest BCUT2D eigenvalue weighted by molar-refractivity contribution is 9.10. The molecule has 0 bridgehead atoms. The van der Waals surface area contributed by atoms with Crippen molar-refractivity contribution in [3.8, 4) is 0 Å². The van der Waals surface area contributed by atoms with Crippen LogP contribution >= 0.6 is 15.9 Å². The van der Waals surface area contributed by atoms with E-state index in [0.29, 0.717) is 17.6 Å². The summed E-state index contributed by atoms with van der Waals surface area (Å²) < 4.78 is 14.0. The number of likely N-dealkylation sites (N-methyl/N-ethyl adjacent to an activating group) is 1. The second-order valence-corrected chi connectivity index (χ2v) is 4.06. The SMILES string of the molecule is CN(CCN)C(=O)c1cc(Br)ccc1F. The van der Waals surface area contributed by atoms with Gasteiger partial charge in [-0.3, -0.25) is 4.79 Å². The van der Waals surface area contributed by atoms with Crippen molar-refractivity contribution in [2.75, 3.05) is 20.1 Å². The lowest BCUT2D eigenvalue weighted by molar-refractivity contribution is 0.0794. The van der Waals surface area contributed by atoms with Gasteiger partial charge in [-0.15, -0.1) is 0 Å². The summed E-state index contributed by atoms with van der Waals surface area (Å²) >= 11 is 3.19. The normalized spacial score (nSPS) is 10.1. The van der Waals surface area contributed by atoms with Crippen LogP contribution in [0.4, 0.5) is 4.39 Å². The highest BCUT2D eigenvalue weighted by atomic mass is 79.9. The molecule has 0 aliphatic carbocycles. The fourth-order valence-corrected chi connectivity index (χ4v) is 1.52. The van der Waals surface area contributed by atoms with E-state index in [-0.39, 0.29) is 11.5 Å². The molecule has 0 radical (unpaired) electrons. The molecule has 1 amide bonds. The predicted octanol–water partition coefficient (Wildman–Crippen LogP) is 1.62. The standard InChI is InChI=1S/C10H12BrFN2O/c1-14(5-4-13)10(15)8-6-7(11)2-3-9(8)12/h2-3,6H,4-5,13H2,1H3. The fraction of sp³-hybridized carbons (Fsp3) is 0.300. The van der Waals surface area contributed by atoms with Gasteiger partial charge in [-0.1, -0.05) is 15.9 Å². The van der Waals surface area contributed by atoms with Crippen molar-refractivity contribution < 1.29 is 9.18 Å². The molecule has 0 saturated heterocycles. The summed E-state index contributed by atoms with van der Waals surface area (Å²) in [6.07, 6.45) is 0. The van der Waals surface area contributed by atoms with Crippen LogP contribution < -0.4 is 5.73 Å². The summed E-state index contributed by atoms with van der Waals surface area (Å²) in [5, 5.41) is 0. The zero-order valence-corrected chi connectivity index (χ0v) is 9.92. The Morgan fingerprint density at radius 1 is 1.60 bits per heavy atom. The molecular weight excluding hydrogens is 263 g/mol. The largest absolute Gasteiger partial charge is 0.340 e. The summed E-state index contributed by atoms with van der Waals surface area (Å²) in [4.78, 5) is 13.1. The molecule has 3 nitrogen and oxygen atoms in total. The summed E-state index contributed by atoms with van der Waals surface area (Å²) in [6, 6.07) is 4.27. The van der Waals surface area contributed by atoms with Crippen molar-refractivity contribution in [2.45, 2.75) is 0 Å². The van der Waals surface area contributed by atoms with Crippen LogP contribution in [0.2, 0.25) is 0 Å². The first-order chi connectivity index (χ1) is 7.06. The quantitative estimate of drug-likeness (QED) is 0.911. The number of carbonyl (C=O) groups is 1. The average molecular weight is 275 g/mol. The molecule has 1 rings (SSSR count). The zero-order valence-electron chi connectivity index (χ0n) is 8.34. The van der Waals surface area contributed by atoms with E-state index in [9.17, 15) is 9.18 Å². The van der Waals surface area contributed by atoms with Crippen LogP contribution in [0.3, 0.4) is 0 Å². The molecule has 1 aromatic carbocycles. The maximum Gasteiger partial charge on any atom is 0.256 e. The molecule has 0 aliphatic heterocycles. The van der Waals surface area contributed by atoms with E-state index in [1.165, 1.54) is 17.0 Å². The second kappa shape index (κ2) is 5.23. The van der Waals surface area contributed by atoms with E-state index in [1.807, 2.05) is 0 Å². The lowest BCUT2D eigenvalue weighted by atomic mass is 10.2. The van der Waals surface area contributed by atoms with Gasteiger partial charge in [0, 0.05) is 24.6 Å². The van der Waals surface area contributed by atoms with Crippen LogP contribution in [0.5, 0.6) is 0 Å². The highest BCUT2D eigenvalue weighted by Crippen LogP contribution is 2.16. The number of halogens is 2. The van der Waals surface area contributed by atoms with E-state index in [1.54, 1.807) is 13.1 Å². The molecule has 0 unspecified atom stereocenters. The van der Waals surface area contributed by atoms with Crippen molar-refractivity contribution in [3.63, 3.8) is 0 Å². The summed E-state index contributed by atoms with van der Waals surface area (Å²) in [6.45, 7) is 0.767. The number of benzene rings is 1. The molecule has 82 valence electrons. The first-order valence-electron chi connectivity index (χ1n) is 4.47. The van der Waals surface area contributed by atoms with Crippen molar-refractivity contribution in [3.05, 3.63) is 34.1 Å². The van der Waals surface area contributed by atoms with Gasteiger partial charge >= 0.3 is 0 Å². The monoisotopic (exact) mass is 274 g/mol. The third-order valence-corrected chi connectivity index (χ3v) is 2.46. The molecule has 0 atom stereocenters. The number of nitrogens with zero attached hydrogens (tertiary/aromatic N) is 1. The Morgan fingerprint density at radius 2 is 2.27 bits per heavy atom. The molecule has 0 aromatic heterocycles. The van der Waals surface area contributed by atoms with E-state index in [2.05, 4.69) is 15.9 Å². The Bertz CT molecular complexity index is 370. The lowest BCUT2D eigenvalue weighted by Crippen LogP contribution is -2.32. The summed E-state index contributed by atoms with van der Waals surface area (Å²) in [5.41, 5.74) is 5.37. The minimum Gasteiger partial charge on any atom is -0.340 e. The van der Waals surface area contributed by atoms with Gasteiger partial charge in [0.1, 0.15) is 5.82 Å². The molecule has 0 aliphatic rings. The highest BCUT2D eigenvalue weighted by Gasteiger charge is 2.15. The van der Waals surface area contributed by atoms with Crippen molar-refractivity contribution in [1.29, 1.82) is 0 Å². The predicted molar refractivity (Wildman–Crippen MR) is 60.1 cm³/mol. The maximum atomic E-state index is 13.3. The van der Waals surface area contributed by atoms with Gasteiger partial charge in [0.05, 0.1) is 5.56 Å². The Labute approximate surface area is 96.2 Å². The molecule has 0 spiro atoms. The Kier molecular flexibility index (Phi) is 4.23. The number of hydrogen-bond acceptors (Lipinski definition) is 2. The molecule has 2 N–H and O–H groups in total. The minimum absolute atomic E-state index is 0.0559. The lowest BCUT2D eigenvalue weighted by Gasteiger charge is -2.16. The van der Waals surface area contributed by atoms with Gasteiger partial charge in [-0.2, -0.15) is 0 Å². The van der Waals surface area contributed by atoms with Crippen LogP contribution in [-0.4, -0.2) is 30.9 Å². The number of nitrogens with two attached hydrogens (primary N) is 1. The molecule has 0 heterocycles. The molecule has 15 heavy (non-hydrogen) atoms. The molecule has 0 fully saturated rings. The first-order valence-corrected chi connectivity index (χ1v) is 5.26. The zero-order chi connectivity index (χ0) is 11.4. The van der Waals surface area contributed by atoms with Crippen LogP contribution in [0, 0.1) is 5.82 Å². The summed E-state index contributed by atoms with van der Waals surface area (Å²) in [5.74, 6) is -0.883. The smallest absolute Gasteiger partial charge is 0.256 e.